The molecule has 3 heterocycles. The fourth-order valence-electron chi connectivity index (χ4n) is 2.99. The Balaban J connectivity index is 1.51. The Kier molecular flexibility index (Phi) is 4.41. The van der Waals surface area contributed by atoms with Crippen molar-refractivity contribution in [2.75, 3.05) is 0 Å². The third-order valence-electron chi connectivity index (χ3n) is 4.52. The summed E-state index contributed by atoms with van der Waals surface area (Å²) in [5.41, 5.74) is 2.83. The van der Waals surface area contributed by atoms with Crippen LogP contribution in [-0.4, -0.2) is 14.6 Å². The van der Waals surface area contributed by atoms with Crippen molar-refractivity contribution in [1.82, 2.24) is 14.6 Å². The number of hydrogen-bond donors (Lipinski definition) is 0. The Morgan fingerprint density at radius 2 is 1.72 bits per heavy atom. The number of hydrogen-bond acceptors (Lipinski definition) is 5. The van der Waals surface area contributed by atoms with Crippen molar-refractivity contribution < 1.29 is 4.42 Å². The summed E-state index contributed by atoms with van der Waals surface area (Å²) in [4.78, 5) is 17.8. The van der Waals surface area contributed by atoms with Gasteiger partial charge in [-0.3, -0.25) is 4.79 Å². The molecule has 0 radical (unpaired) electrons. The Labute approximate surface area is 178 Å². The zero-order valence-electron chi connectivity index (χ0n) is 15.3. The lowest BCUT2D eigenvalue weighted by molar-refractivity contribution is 0.571. The molecule has 5 rings (SSSR count). The zero-order chi connectivity index (χ0) is 20.0. The molecule has 5 nitrogen and oxygen atoms in total. The number of furan rings is 1. The molecular weight excluding hydrogens is 450 g/mol. The van der Waals surface area contributed by atoms with Gasteiger partial charge in [-0.15, -0.1) is 5.10 Å². The van der Waals surface area contributed by atoms with E-state index in [1.807, 2.05) is 67.6 Å². The summed E-state index contributed by atoms with van der Waals surface area (Å²) in [6.07, 6.45) is 1.73. The second kappa shape index (κ2) is 7.09. The second-order valence-corrected chi connectivity index (χ2v) is 8.55. The highest BCUT2D eigenvalue weighted by Crippen LogP contribution is 2.24. The van der Waals surface area contributed by atoms with E-state index < -0.39 is 0 Å². The molecule has 0 aliphatic carbocycles. The average molecular weight is 464 g/mol. The van der Waals surface area contributed by atoms with Crippen LogP contribution in [0, 0.1) is 6.92 Å². The quantitative estimate of drug-likeness (QED) is 0.389. The summed E-state index contributed by atoms with van der Waals surface area (Å²) in [6, 6.07) is 19.5. The molecule has 0 saturated heterocycles. The van der Waals surface area contributed by atoms with E-state index in [0.29, 0.717) is 21.1 Å². The van der Waals surface area contributed by atoms with Crippen molar-refractivity contribution >= 4 is 38.3 Å². The summed E-state index contributed by atoms with van der Waals surface area (Å²) < 4.78 is 8.79. The van der Waals surface area contributed by atoms with Crippen molar-refractivity contribution in [2.45, 2.75) is 6.92 Å². The van der Waals surface area contributed by atoms with Crippen LogP contribution in [0.15, 0.2) is 74.3 Å². The highest BCUT2D eigenvalue weighted by Gasteiger charge is 2.12. The lowest BCUT2D eigenvalue weighted by Crippen LogP contribution is -2.23. The summed E-state index contributed by atoms with van der Waals surface area (Å²) in [7, 11) is 0. The molecule has 0 amide bonds. The van der Waals surface area contributed by atoms with Gasteiger partial charge in [0, 0.05) is 21.7 Å². The fourth-order valence-corrected chi connectivity index (χ4v) is 4.14. The average Bonchev–Trinajstić information content (AvgIpc) is 3.41. The lowest BCUT2D eigenvalue weighted by Gasteiger charge is -1.96. The maximum Gasteiger partial charge on any atom is 0.291 e. The van der Waals surface area contributed by atoms with Gasteiger partial charge < -0.3 is 4.42 Å². The van der Waals surface area contributed by atoms with E-state index in [0.717, 1.165) is 26.9 Å². The maximum atomic E-state index is 12.7. The second-order valence-electron chi connectivity index (χ2n) is 6.62. The van der Waals surface area contributed by atoms with Gasteiger partial charge in [0.05, 0.1) is 0 Å². The number of fused-ring (bicyclic) bond motifs is 1. The van der Waals surface area contributed by atoms with Crippen molar-refractivity contribution in [3.63, 3.8) is 0 Å². The van der Waals surface area contributed by atoms with Gasteiger partial charge in [-0.25, -0.2) is 0 Å². The number of rotatable bonds is 3. The lowest BCUT2D eigenvalue weighted by atomic mass is 10.1. The molecule has 0 atom stereocenters. The highest BCUT2D eigenvalue weighted by atomic mass is 79.9. The van der Waals surface area contributed by atoms with E-state index in [-0.39, 0.29) is 5.56 Å². The molecule has 0 aliphatic rings. The van der Waals surface area contributed by atoms with Gasteiger partial charge in [0.2, 0.25) is 4.96 Å². The fraction of sp³-hybridized carbons (Fsp3) is 0.0455. The molecule has 29 heavy (non-hydrogen) atoms. The van der Waals surface area contributed by atoms with Crippen LogP contribution in [0.3, 0.4) is 0 Å². The van der Waals surface area contributed by atoms with Gasteiger partial charge in [0.1, 0.15) is 16.1 Å². The first-order valence-corrected chi connectivity index (χ1v) is 10.5. The first-order chi connectivity index (χ1) is 14.1. The standard InChI is InChI=1S/C22H14BrN3O2S/c1-13-2-4-15(5-3-13)20-24-22-26(25-20)21(27)19(29-22)12-17-10-11-18(28-17)14-6-8-16(23)9-7-14/h2-12H,1H3/b19-12-. The first kappa shape index (κ1) is 18.0. The van der Waals surface area contributed by atoms with Gasteiger partial charge in [-0.05, 0) is 31.2 Å². The molecule has 5 aromatic rings. The Bertz CT molecular complexity index is 1430. The third-order valence-corrected chi connectivity index (χ3v) is 6.01. The number of aryl methyl sites for hydroxylation is 1. The van der Waals surface area contributed by atoms with E-state index in [4.69, 9.17) is 4.42 Å². The molecule has 0 N–H and O–H groups in total. The summed E-state index contributed by atoms with van der Waals surface area (Å²) in [6.45, 7) is 2.03. The largest absolute Gasteiger partial charge is 0.457 e. The minimum Gasteiger partial charge on any atom is -0.457 e. The normalized spacial score (nSPS) is 12.1. The minimum atomic E-state index is -0.197. The predicted octanol–water partition coefficient (Wildman–Crippen LogP) is 4.70. The van der Waals surface area contributed by atoms with Crippen LogP contribution in [0.1, 0.15) is 11.3 Å². The molecule has 3 aromatic heterocycles. The summed E-state index contributed by atoms with van der Waals surface area (Å²) in [5.74, 6) is 1.91. The van der Waals surface area contributed by atoms with Crippen molar-refractivity contribution in [1.29, 1.82) is 0 Å². The highest BCUT2D eigenvalue weighted by molar-refractivity contribution is 9.10. The van der Waals surface area contributed by atoms with E-state index in [2.05, 4.69) is 26.0 Å². The van der Waals surface area contributed by atoms with E-state index >= 15 is 0 Å². The number of halogens is 1. The topological polar surface area (TPSA) is 60.4 Å². The van der Waals surface area contributed by atoms with Gasteiger partial charge >= 0.3 is 0 Å². The van der Waals surface area contributed by atoms with Crippen LogP contribution in [0.2, 0.25) is 0 Å². The van der Waals surface area contributed by atoms with Gasteiger partial charge in [-0.1, -0.05) is 69.2 Å². The minimum absolute atomic E-state index is 0.197. The van der Waals surface area contributed by atoms with Crippen LogP contribution >= 0.6 is 27.3 Å². The molecule has 0 aliphatic heterocycles. The molecule has 0 spiro atoms. The zero-order valence-corrected chi connectivity index (χ0v) is 17.7. The van der Waals surface area contributed by atoms with Crippen molar-refractivity contribution in [3.05, 3.63) is 91.3 Å². The van der Waals surface area contributed by atoms with Gasteiger partial charge in [0.15, 0.2) is 5.82 Å². The van der Waals surface area contributed by atoms with E-state index in [9.17, 15) is 4.79 Å². The van der Waals surface area contributed by atoms with Crippen LogP contribution in [0.25, 0.3) is 33.7 Å². The number of benzene rings is 2. The van der Waals surface area contributed by atoms with Crippen LogP contribution in [0.4, 0.5) is 0 Å². The molecule has 0 unspecified atom stereocenters. The molecule has 142 valence electrons. The molecule has 0 saturated carbocycles. The smallest absolute Gasteiger partial charge is 0.291 e. The van der Waals surface area contributed by atoms with Gasteiger partial charge in [0.25, 0.3) is 5.56 Å². The maximum absolute atomic E-state index is 12.7. The monoisotopic (exact) mass is 463 g/mol. The van der Waals surface area contributed by atoms with Crippen LogP contribution < -0.4 is 10.1 Å². The van der Waals surface area contributed by atoms with E-state index in [1.54, 1.807) is 6.08 Å². The van der Waals surface area contributed by atoms with Crippen molar-refractivity contribution in [2.24, 2.45) is 0 Å². The SMILES string of the molecule is Cc1ccc(-c2nc3s/c(=C\c4ccc(-c5ccc(Br)cc5)o4)c(=O)n3n2)cc1. The summed E-state index contributed by atoms with van der Waals surface area (Å²) >= 11 is 4.73. The van der Waals surface area contributed by atoms with Crippen molar-refractivity contribution in [3.8, 4) is 22.7 Å². The molecule has 0 bridgehead atoms. The molecule has 0 fully saturated rings. The third kappa shape index (κ3) is 3.43. The summed E-state index contributed by atoms with van der Waals surface area (Å²) in [5, 5.41) is 4.38. The first-order valence-electron chi connectivity index (χ1n) is 8.91. The number of aromatic nitrogens is 3. The molecule has 7 heteroatoms. The van der Waals surface area contributed by atoms with Gasteiger partial charge in [-0.2, -0.15) is 9.50 Å². The number of nitrogens with zero attached hydrogens (tertiary/aromatic N) is 3. The Morgan fingerprint density at radius 3 is 2.45 bits per heavy atom. The molecular formula is C22H14BrN3O2S. The number of thiazole rings is 1. The Morgan fingerprint density at radius 1 is 1.00 bits per heavy atom. The molecule has 2 aromatic carbocycles. The predicted molar refractivity (Wildman–Crippen MR) is 118 cm³/mol. The van der Waals surface area contributed by atoms with Crippen LogP contribution in [0.5, 0.6) is 0 Å². The van der Waals surface area contributed by atoms with E-state index in [1.165, 1.54) is 15.9 Å². The Hall–Kier alpha value is -3.03. The van der Waals surface area contributed by atoms with Crippen LogP contribution in [-0.2, 0) is 0 Å².